The van der Waals surface area contributed by atoms with E-state index in [1.54, 1.807) is 0 Å². The van der Waals surface area contributed by atoms with E-state index in [1.807, 2.05) is 18.2 Å². The van der Waals surface area contributed by atoms with Crippen molar-refractivity contribution in [2.75, 3.05) is 13.1 Å². The number of nitrogens with zero attached hydrogens (tertiary/aromatic N) is 1. The molecule has 3 nitrogen and oxygen atoms in total. The number of nitrogens with one attached hydrogen (secondary N) is 1. The van der Waals surface area contributed by atoms with Crippen molar-refractivity contribution in [3.05, 3.63) is 71.1 Å². The highest BCUT2D eigenvalue weighted by molar-refractivity contribution is 7.71. The number of para-hydroxylation sites is 2. The van der Waals surface area contributed by atoms with Crippen LogP contribution in [0.1, 0.15) is 12.0 Å². The van der Waals surface area contributed by atoms with E-state index in [4.69, 9.17) is 16.6 Å². The van der Waals surface area contributed by atoms with Crippen LogP contribution in [-0.4, -0.2) is 17.7 Å². The zero-order valence-electron chi connectivity index (χ0n) is 12.9. The molecule has 116 valence electrons. The van der Waals surface area contributed by atoms with E-state index in [0.29, 0.717) is 4.84 Å². The number of benzene rings is 2. The minimum absolute atomic E-state index is 0.566. The molecular formula is C19H19N2OS+. The molecular weight excluding hydrogens is 304 g/mol. The lowest BCUT2D eigenvalue weighted by Crippen LogP contribution is -3.11. The number of aromatic nitrogens is 1. The number of quaternary nitrogens is 1. The summed E-state index contributed by atoms with van der Waals surface area (Å²) < 4.78 is 7.79. The molecule has 1 aliphatic rings. The van der Waals surface area contributed by atoms with Gasteiger partial charge in [0, 0.05) is 6.42 Å². The fraction of sp³-hybridized carbons (Fsp3) is 0.211. The maximum Gasteiger partial charge on any atom is 0.274 e. The molecule has 4 rings (SSSR count). The third kappa shape index (κ3) is 2.87. The molecule has 0 saturated heterocycles. The molecule has 1 unspecified atom stereocenters. The van der Waals surface area contributed by atoms with E-state index in [0.717, 1.165) is 37.3 Å². The van der Waals surface area contributed by atoms with Crippen LogP contribution in [0.5, 0.6) is 0 Å². The monoisotopic (exact) mass is 323 g/mol. The van der Waals surface area contributed by atoms with Gasteiger partial charge in [-0.15, -0.1) is 0 Å². The van der Waals surface area contributed by atoms with Gasteiger partial charge in [-0.25, -0.2) is 0 Å². The average Bonchev–Trinajstić information content (AvgIpc) is 2.92. The average molecular weight is 323 g/mol. The molecule has 4 heteroatoms. The molecule has 1 aliphatic heterocycles. The highest BCUT2D eigenvalue weighted by atomic mass is 32.1. The minimum Gasteiger partial charge on any atom is -0.429 e. The zero-order chi connectivity index (χ0) is 15.6. The Kier molecular flexibility index (Phi) is 3.85. The summed E-state index contributed by atoms with van der Waals surface area (Å²) in [5.74, 6) is 0. The summed E-state index contributed by atoms with van der Waals surface area (Å²) in [7, 11) is 0. The fourth-order valence-corrected chi connectivity index (χ4v) is 3.48. The molecule has 0 spiro atoms. The lowest BCUT2D eigenvalue weighted by molar-refractivity contribution is -0.917. The molecule has 0 radical (unpaired) electrons. The van der Waals surface area contributed by atoms with Crippen molar-refractivity contribution in [2.24, 2.45) is 0 Å². The first-order valence-electron chi connectivity index (χ1n) is 7.97. The third-order valence-corrected chi connectivity index (χ3v) is 4.79. The van der Waals surface area contributed by atoms with Gasteiger partial charge in [0.1, 0.15) is 0 Å². The quantitative estimate of drug-likeness (QED) is 0.747. The number of rotatable bonds is 3. The van der Waals surface area contributed by atoms with E-state index in [9.17, 15) is 0 Å². The van der Waals surface area contributed by atoms with Crippen molar-refractivity contribution >= 4 is 28.9 Å². The van der Waals surface area contributed by atoms with Gasteiger partial charge >= 0.3 is 0 Å². The Morgan fingerprint density at radius 2 is 1.83 bits per heavy atom. The summed E-state index contributed by atoms with van der Waals surface area (Å²) in [6.07, 6.45) is 3.46. The molecule has 3 aromatic rings. The standard InChI is InChI=1S/C19H18N2OS/c23-19-21(17-8-4-5-9-18(17)22-19)14-20-12-10-16(11-13-20)15-6-2-1-3-7-15/h1-10H,11-14H2/p+1. The van der Waals surface area contributed by atoms with E-state index >= 15 is 0 Å². The molecule has 0 saturated carbocycles. The second-order valence-corrected chi connectivity index (χ2v) is 6.32. The van der Waals surface area contributed by atoms with Crippen LogP contribution >= 0.6 is 12.2 Å². The van der Waals surface area contributed by atoms with Gasteiger partial charge in [0.2, 0.25) is 0 Å². The van der Waals surface area contributed by atoms with Crippen LogP contribution in [0.4, 0.5) is 0 Å². The number of fused-ring (bicyclic) bond motifs is 1. The topological polar surface area (TPSA) is 22.5 Å². The van der Waals surface area contributed by atoms with Gasteiger partial charge in [-0.05, 0) is 41.6 Å². The number of oxazole rings is 1. The van der Waals surface area contributed by atoms with E-state index in [1.165, 1.54) is 16.0 Å². The van der Waals surface area contributed by atoms with Crippen LogP contribution in [0.15, 0.2) is 65.1 Å². The maximum absolute atomic E-state index is 5.68. The zero-order valence-corrected chi connectivity index (χ0v) is 13.7. The second kappa shape index (κ2) is 6.14. The molecule has 1 atom stereocenters. The minimum atomic E-state index is 0.566. The predicted molar refractivity (Wildman–Crippen MR) is 94.8 cm³/mol. The Hall–Kier alpha value is -2.17. The molecule has 0 aliphatic carbocycles. The molecule has 1 N–H and O–H groups in total. The van der Waals surface area contributed by atoms with Gasteiger partial charge in [-0.3, -0.25) is 4.57 Å². The number of hydrogen-bond donors (Lipinski definition) is 1. The second-order valence-electron chi connectivity index (χ2n) is 5.97. The predicted octanol–water partition coefficient (Wildman–Crippen LogP) is 3.29. The first-order valence-corrected chi connectivity index (χ1v) is 8.38. The summed E-state index contributed by atoms with van der Waals surface area (Å²) >= 11 is 5.39. The molecule has 0 amide bonds. The van der Waals surface area contributed by atoms with Crippen LogP contribution in [0, 0.1) is 4.84 Å². The van der Waals surface area contributed by atoms with Gasteiger partial charge in [-0.2, -0.15) is 0 Å². The molecule has 0 fully saturated rings. The van der Waals surface area contributed by atoms with E-state index in [2.05, 4.69) is 47.0 Å². The summed E-state index contributed by atoms with van der Waals surface area (Å²) in [6.45, 7) is 2.99. The Morgan fingerprint density at radius 1 is 1.04 bits per heavy atom. The lowest BCUT2D eigenvalue weighted by atomic mass is 10.00. The van der Waals surface area contributed by atoms with Crippen LogP contribution in [0.2, 0.25) is 0 Å². The first kappa shape index (κ1) is 14.4. The first-order chi connectivity index (χ1) is 11.3. The SMILES string of the molecule is S=c1oc2ccccc2n1C[NH+]1CC=C(c2ccccc2)CC1. The van der Waals surface area contributed by atoms with Crippen LogP contribution < -0.4 is 4.90 Å². The van der Waals surface area contributed by atoms with E-state index in [-0.39, 0.29) is 0 Å². The van der Waals surface area contributed by atoms with Crippen molar-refractivity contribution in [3.63, 3.8) is 0 Å². The van der Waals surface area contributed by atoms with Crippen LogP contribution in [-0.2, 0) is 6.67 Å². The van der Waals surface area contributed by atoms with Gasteiger partial charge < -0.3 is 9.32 Å². The molecule has 2 aromatic carbocycles. The largest absolute Gasteiger partial charge is 0.429 e. The summed E-state index contributed by atoms with van der Waals surface area (Å²) in [5.41, 5.74) is 4.75. The Bertz CT molecular complexity index is 908. The Labute approximate surface area is 140 Å². The van der Waals surface area contributed by atoms with Crippen molar-refractivity contribution in [2.45, 2.75) is 13.1 Å². The van der Waals surface area contributed by atoms with Crippen LogP contribution in [0.25, 0.3) is 16.7 Å². The highest BCUT2D eigenvalue weighted by Crippen LogP contribution is 2.19. The molecule has 2 heterocycles. The summed E-state index contributed by atoms with van der Waals surface area (Å²) in [6, 6.07) is 18.7. The molecule has 0 bridgehead atoms. The van der Waals surface area contributed by atoms with Gasteiger partial charge in [0.05, 0.1) is 18.6 Å². The van der Waals surface area contributed by atoms with Gasteiger partial charge in [0.25, 0.3) is 4.84 Å². The molecule has 1 aromatic heterocycles. The summed E-state index contributed by atoms with van der Waals surface area (Å²) in [5, 5.41) is 0. The third-order valence-electron chi connectivity index (χ3n) is 4.49. The van der Waals surface area contributed by atoms with Crippen molar-refractivity contribution in [1.82, 2.24) is 4.57 Å². The normalized spacial score (nSPS) is 18.1. The lowest BCUT2D eigenvalue weighted by Gasteiger charge is -2.24. The van der Waals surface area contributed by atoms with Gasteiger partial charge in [0.15, 0.2) is 12.3 Å². The van der Waals surface area contributed by atoms with Crippen LogP contribution in [0.3, 0.4) is 0 Å². The van der Waals surface area contributed by atoms with Crippen molar-refractivity contribution in [3.8, 4) is 0 Å². The Morgan fingerprint density at radius 3 is 2.61 bits per heavy atom. The smallest absolute Gasteiger partial charge is 0.274 e. The fourth-order valence-electron chi connectivity index (χ4n) is 3.23. The Balaban J connectivity index is 1.54. The summed E-state index contributed by atoms with van der Waals surface area (Å²) in [4.78, 5) is 2.07. The van der Waals surface area contributed by atoms with Gasteiger partial charge in [-0.1, -0.05) is 42.5 Å². The molecule has 23 heavy (non-hydrogen) atoms. The highest BCUT2D eigenvalue weighted by Gasteiger charge is 2.18. The maximum atomic E-state index is 5.68. The van der Waals surface area contributed by atoms with Crippen molar-refractivity contribution in [1.29, 1.82) is 0 Å². The number of hydrogen-bond acceptors (Lipinski definition) is 2. The van der Waals surface area contributed by atoms with E-state index < -0.39 is 0 Å². The van der Waals surface area contributed by atoms with Crippen molar-refractivity contribution < 1.29 is 9.32 Å².